The van der Waals surface area contributed by atoms with Gasteiger partial charge in [-0.1, -0.05) is 0 Å². The van der Waals surface area contributed by atoms with Crippen LogP contribution < -0.4 is 0 Å². The minimum atomic E-state index is -0.120. The topological polar surface area (TPSA) is 23.1 Å². The van der Waals surface area contributed by atoms with Gasteiger partial charge in [-0.3, -0.25) is 0 Å². The van der Waals surface area contributed by atoms with E-state index in [2.05, 4.69) is 20.8 Å². The van der Waals surface area contributed by atoms with Crippen molar-refractivity contribution in [3.8, 4) is 0 Å². The third-order valence-electron chi connectivity index (χ3n) is 4.30. The van der Waals surface area contributed by atoms with Crippen LogP contribution in [0, 0.1) is 17.0 Å². The zero-order valence-corrected chi connectivity index (χ0v) is 9.75. The summed E-state index contributed by atoms with van der Waals surface area (Å²) in [6, 6.07) is 0. The first-order valence-corrected chi connectivity index (χ1v) is 5.99. The van der Waals surface area contributed by atoms with E-state index in [1.165, 1.54) is 25.7 Å². The second kappa shape index (κ2) is 3.21. The molecule has 14 heavy (non-hydrogen) atoms. The Morgan fingerprint density at radius 2 is 1.29 bits per heavy atom. The van der Waals surface area contributed by atoms with E-state index >= 15 is 0 Å². The predicted octanol–water partition coefficient (Wildman–Crippen LogP) is 2.92. The Labute approximate surface area is 87.5 Å². The van der Waals surface area contributed by atoms with Gasteiger partial charge in [0.25, 0.3) is 0 Å². The summed E-state index contributed by atoms with van der Waals surface area (Å²) >= 11 is 0. The fourth-order valence-corrected chi connectivity index (χ4v) is 3.05. The standard InChI is InChI=1S/C12H23NO/c1-12(2,3)13(14)8-10-4-5-11(9-13)7-6-10/h10-11H,4-9H2,1-3H3. The second-order valence-corrected chi connectivity index (χ2v) is 6.31. The van der Waals surface area contributed by atoms with Crippen LogP contribution in [0.1, 0.15) is 46.5 Å². The van der Waals surface area contributed by atoms with Gasteiger partial charge in [-0.25, -0.2) is 0 Å². The Morgan fingerprint density at radius 3 is 1.57 bits per heavy atom. The molecule has 0 N–H and O–H groups in total. The predicted molar refractivity (Wildman–Crippen MR) is 58.6 cm³/mol. The first-order valence-electron chi connectivity index (χ1n) is 5.99. The lowest BCUT2D eigenvalue weighted by atomic mass is 9.84. The molecule has 0 spiro atoms. The number of nitrogens with zero attached hydrogens (tertiary/aromatic N) is 1. The summed E-state index contributed by atoms with van der Waals surface area (Å²) < 4.78 is 0.0579. The molecule has 3 rings (SSSR count). The Hall–Kier alpha value is -0.0800. The quantitative estimate of drug-likeness (QED) is 0.432. The maximum atomic E-state index is 12.8. The summed E-state index contributed by atoms with van der Waals surface area (Å²) in [6.45, 7) is 8.06. The smallest absolute Gasteiger partial charge is 0.0904 e. The average Bonchev–Trinajstić information content (AvgIpc) is 2.31. The van der Waals surface area contributed by atoms with E-state index in [-0.39, 0.29) is 10.2 Å². The van der Waals surface area contributed by atoms with E-state index < -0.39 is 0 Å². The van der Waals surface area contributed by atoms with Crippen LogP contribution in [0.3, 0.4) is 0 Å². The summed E-state index contributed by atoms with van der Waals surface area (Å²) in [5, 5.41) is 12.8. The molecule has 0 radical (unpaired) electrons. The van der Waals surface area contributed by atoms with Gasteiger partial charge >= 0.3 is 0 Å². The van der Waals surface area contributed by atoms with Crippen molar-refractivity contribution < 1.29 is 4.65 Å². The number of fused-ring (bicyclic) bond motifs is 4. The molecule has 2 nitrogen and oxygen atoms in total. The molecule has 3 aliphatic rings. The van der Waals surface area contributed by atoms with E-state index in [0.717, 1.165) is 13.1 Å². The van der Waals surface area contributed by atoms with E-state index in [9.17, 15) is 5.21 Å². The zero-order chi connectivity index (χ0) is 10.4. The molecule has 0 unspecified atom stereocenters. The third kappa shape index (κ3) is 1.70. The highest BCUT2D eigenvalue weighted by Gasteiger charge is 2.41. The first kappa shape index (κ1) is 10.4. The minimum Gasteiger partial charge on any atom is -0.632 e. The van der Waals surface area contributed by atoms with Crippen molar-refractivity contribution in [2.75, 3.05) is 13.1 Å². The molecule has 0 aromatic carbocycles. The van der Waals surface area contributed by atoms with Crippen LogP contribution in [0.5, 0.6) is 0 Å². The number of hydrogen-bond donors (Lipinski definition) is 0. The first-order chi connectivity index (χ1) is 6.41. The van der Waals surface area contributed by atoms with Crippen LogP contribution in [0.2, 0.25) is 0 Å². The molecular weight excluding hydrogens is 174 g/mol. The van der Waals surface area contributed by atoms with Crippen molar-refractivity contribution >= 4 is 0 Å². The summed E-state index contributed by atoms with van der Waals surface area (Å²) in [7, 11) is 0. The average molecular weight is 197 g/mol. The summed E-state index contributed by atoms with van der Waals surface area (Å²) in [6.07, 6.45) is 5.23. The van der Waals surface area contributed by atoms with Gasteiger partial charge in [0, 0.05) is 11.8 Å². The summed E-state index contributed by atoms with van der Waals surface area (Å²) in [4.78, 5) is 0. The zero-order valence-electron chi connectivity index (χ0n) is 9.75. The molecule has 2 saturated heterocycles. The van der Waals surface area contributed by atoms with Crippen molar-refractivity contribution in [1.82, 2.24) is 0 Å². The van der Waals surface area contributed by atoms with Gasteiger partial charge in [0.1, 0.15) is 0 Å². The maximum Gasteiger partial charge on any atom is 0.0904 e. The lowest BCUT2D eigenvalue weighted by Crippen LogP contribution is -2.57. The van der Waals surface area contributed by atoms with Crippen LogP contribution in [-0.4, -0.2) is 23.3 Å². The van der Waals surface area contributed by atoms with E-state index in [0.29, 0.717) is 11.8 Å². The van der Waals surface area contributed by atoms with E-state index in [4.69, 9.17) is 0 Å². The monoisotopic (exact) mass is 197 g/mol. The molecule has 3 fully saturated rings. The van der Waals surface area contributed by atoms with Crippen molar-refractivity contribution in [2.24, 2.45) is 11.8 Å². The molecule has 2 heteroatoms. The second-order valence-electron chi connectivity index (χ2n) is 6.31. The number of hydrogen-bond acceptors (Lipinski definition) is 1. The van der Waals surface area contributed by atoms with Crippen LogP contribution >= 0.6 is 0 Å². The molecule has 2 aliphatic heterocycles. The van der Waals surface area contributed by atoms with Gasteiger partial charge in [-0.05, 0) is 46.5 Å². The van der Waals surface area contributed by atoms with Gasteiger partial charge in [0.2, 0.25) is 0 Å². The molecule has 0 aromatic heterocycles. The van der Waals surface area contributed by atoms with Crippen LogP contribution in [0.4, 0.5) is 0 Å². The fourth-order valence-electron chi connectivity index (χ4n) is 3.05. The lowest BCUT2D eigenvalue weighted by molar-refractivity contribution is -0.929. The summed E-state index contributed by atoms with van der Waals surface area (Å²) in [5.41, 5.74) is -0.120. The number of rotatable bonds is 0. The van der Waals surface area contributed by atoms with Gasteiger partial charge in [0.05, 0.1) is 18.6 Å². The van der Waals surface area contributed by atoms with Crippen molar-refractivity contribution in [2.45, 2.75) is 52.0 Å². The molecule has 82 valence electrons. The van der Waals surface area contributed by atoms with Crippen LogP contribution in [-0.2, 0) is 0 Å². The highest BCUT2D eigenvalue weighted by atomic mass is 16.6. The molecule has 0 amide bonds. The van der Waals surface area contributed by atoms with Gasteiger partial charge in [-0.15, -0.1) is 0 Å². The highest BCUT2D eigenvalue weighted by Crippen LogP contribution is 2.40. The Balaban J connectivity index is 2.21. The minimum absolute atomic E-state index is 0.0579. The number of quaternary nitrogens is 1. The number of hydroxylamine groups is 3. The van der Waals surface area contributed by atoms with Crippen molar-refractivity contribution in [3.63, 3.8) is 0 Å². The van der Waals surface area contributed by atoms with Crippen molar-refractivity contribution in [1.29, 1.82) is 0 Å². The maximum absolute atomic E-state index is 12.8. The molecule has 0 atom stereocenters. The van der Waals surface area contributed by atoms with E-state index in [1.807, 2.05) is 0 Å². The summed E-state index contributed by atoms with van der Waals surface area (Å²) in [5.74, 6) is 1.43. The molecule has 1 saturated carbocycles. The Morgan fingerprint density at radius 1 is 0.929 bits per heavy atom. The van der Waals surface area contributed by atoms with Crippen molar-refractivity contribution in [3.05, 3.63) is 5.21 Å². The molecule has 1 aliphatic carbocycles. The van der Waals surface area contributed by atoms with Crippen LogP contribution in [0.25, 0.3) is 0 Å². The SMILES string of the molecule is CC(C)(C)[N+]1([O-])CC2CCC(CC2)C1. The van der Waals surface area contributed by atoms with Gasteiger partial charge < -0.3 is 9.85 Å². The third-order valence-corrected chi connectivity index (χ3v) is 4.30. The molecular formula is C12H23NO. The molecule has 2 bridgehead atoms. The Kier molecular flexibility index (Phi) is 2.39. The molecule has 0 aromatic rings. The van der Waals surface area contributed by atoms with Gasteiger partial charge in [-0.2, -0.15) is 0 Å². The lowest BCUT2D eigenvalue weighted by Gasteiger charge is -2.53. The van der Waals surface area contributed by atoms with Gasteiger partial charge in [0.15, 0.2) is 0 Å². The normalized spacial score (nSPS) is 43.7. The molecule has 2 heterocycles. The fraction of sp³-hybridized carbons (Fsp3) is 1.00. The Bertz CT molecular complexity index is 197. The largest absolute Gasteiger partial charge is 0.632 e. The highest BCUT2D eigenvalue weighted by molar-refractivity contribution is 4.80. The van der Waals surface area contributed by atoms with E-state index in [1.54, 1.807) is 0 Å². The van der Waals surface area contributed by atoms with Crippen LogP contribution in [0.15, 0.2) is 0 Å².